The molecule has 0 amide bonds. The summed E-state index contributed by atoms with van der Waals surface area (Å²) in [7, 11) is 0. The molecule has 0 saturated carbocycles. The molecule has 0 nitrogen and oxygen atoms in total. The molecular formula is C10H14. The minimum absolute atomic E-state index is 1.13. The largest absolute Gasteiger partial charge is 0.0805 e. The molecule has 0 unspecified atom stereocenters. The molecule has 0 bridgehead atoms. The van der Waals surface area contributed by atoms with Crippen molar-refractivity contribution in [2.45, 2.75) is 26.7 Å². The van der Waals surface area contributed by atoms with E-state index < -0.39 is 0 Å². The first-order valence-electron chi connectivity index (χ1n) is 3.86. The van der Waals surface area contributed by atoms with Crippen LogP contribution in [0.15, 0.2) is 35.5 Å². The summed E-state index contributed by atoms with van der Waals surface area (Å²) >= 11 is 0. The predicted octanol–water partition coefficient (Wildman–Crippen LogP) is 3.23. The second-order valence-electron chi connectivity index (χ2n) is 2.70. The standard InChI is InChI=1S/C10H14/c1-3-10-7-5-4-6-9(2)8-10/h4-6,8H,3,7H2,1-2H3. The van der Waals surface area contributed by atoms with Crippen LogP contribution in [0.2, 0.25) is 0 Å². The van der Waals surface area contributed by atoms with E-state index in [0.29, 0.717) is 0 Å². The molecule has 0 aliphatic heterocycles. The van der Waals surface area contributed by atoms with Gasteiger partial charge in [-0.2, -0.15) is 0 Å². The fourth-order valence-electron chi connectivity index (χ4n) is 1.11. The van der Waals surface area contributed by atoms with Gasteiger partial charge in [-0.1, -0.05) is 42.4 Å². The van der Waals surface area contributed by atoms with Gasteiger partial charge >= 0.3 is 0 Å². The lowest BCUT2D eigenvalue weighted by Crippen LogP contribution is -1.77. The summed E-state index contributed by atoms with van der Waals surface area (Å²) in [6, 6.07) is 0. The Kier molecular flexibility index (Phi) is 2.49. The SMILES string of the molecule is CCC1=CC(C)=CC=CC1. The van der Waals surface area contributed by atoms with Crippen LogP contribution in [-0.2, 0) is 0 Å². The fourth-order valence-corrected chi connectivity index (χ4v) is 1.11. The molecule has 0 N–H and O–H groups in total. The van der Waals surface area contributed by atoms with Gasteiger partial charge in [0.2, 0.25) is 0 Å². The van der Waals surface area contributed by atoms with Gasteiger partial charge in [-0.15, -0.1) is 0 Å². The summed E-state index contributed by atoms with van der Waals surface area (Å²) in [5.41, 5.74) is 2.90. The summed E-state index contributed by atoms with van der Waals surface area (Å²) in [5.74, 6) is 0. The van der Waals surface area contributed by atoms with Crippen LogP contribution >= 0.6 is 0 Å². The first kappa shape index (κ1) is 7.33. The highest BCUT2D eigenvalue weighted by Crippen LogP contribution is 2.14. The molecule has 54 valence electrons. The Hall–Kier alpha value is -0.780. The van der Waals surface area contributed by atoms with Crippen LogP contribution in [-0.4, -0.2) is 0 Å². The minimum Gasteiger partial charge on any atom is -0.0805 e. The maximum atomic E-state index is 2.28. The summed E-state index contributed by atoms with van der Waals surface area (Å²) in [6.07, 6.45) is 11.1. The normalized spacial score (nSPS) is 17.8. The molecule has 10 heavy (non-hydrogen) atoms. The average molecular weight is 134 g/mol. The molecule has 0 aromatic heterocycles. The lowest BCUT2D eigenvalue weighted by Gasteiger charge is -1.97. The van der Waals surface area contributed by atoms with E-state index in [0.717, 1.165) is 6.42 Å². The van der Waals surface area contributed by atoms with Gasteiger partial charge in [0, 0.05) is 0 Å². The zero-order valence-electron chi connectivity index (χ0n) is 6.72. The number of hydrogen-bond acceptors (Lipinski definition) is 0. The van der Waals surface area contributed by atoms with E-state index in [9.17, 15) is 0 Å². The van der Waals surface area contributed by atoms with Crippen LogP contribution < -0.4 is 0 Å². The van der Waals surface area contributed by atoms with Gasteiger partial charge in [0.15, 0.2) is 0 Å². The highest BCUT2D eigenvalue weighted by Gasteiger charge is 1.93. The smallest absolute Gasteiger partial charge is 0.0133 e. The van der Waals surface area contributed by atoms with Crippen molar-refractivity contribution in [1.29, 1.82) is 0 Å². The van der Waals surface area contributed by atoms with Crippen LogP contribution in [0.25, 0.3) is 0 Å². The van der Waals surface area contributed by atoms with E-state index in [1.807, 2.05) is 0 Å². The predicted molar refractivity (Wildman–Crippen MR) is 45.9 cm³/mol. The fraction of sp³-hybridized carbons (Fsp3) is 0.400. The van der Waals surface area contributed by atoms with Crippen molar-refractivity contribution in [3.8, 4) is 0 Å². The second-order valence-corrected chi connectivity index (χ2v) is 2.70. The van der Waals surface area contributed by atoms with Crippen molar-refractivity contribution < 1.29 is 0 Å². The van der Waals surface area contributed by atoms with E-state index in [1.54, 1.807) is 0 Å². The molecule has 0 heteroatoms. The van der Waals surface area contributed by atoms with Crippen molar-refractivity contribution >= 4 is 0 Å². The molecular weight excluding hydrogens is 120 g/mol. The minimum atomic E-state index is 1.13. The first-order valence-corrected chi connectivity index (χ1v) is 3.86. The summed E-state index contributed by atoms with van der Waals surface area (Å²) < 4.78 is 0. The second kappa shape index (κ2) is 3.40. The molecule has 0 atom stereocenters. The topological polar surface area (TPSA) is 0 Å². The molecule has 0 radical (unpaired) electrons. The maximum absolute atomic E-state index is 2.28. The van der Waals surface area contributed by atoms with Crippen LogP contribution in [0.5, 0.6) is 0 Å². The van der Waals surface area contributed by atoms with Gasteiger partial charge in [-0.05, 0) is 19.8 Å². The molecule has 0 spiro atoms. The van der Waals surface area contributed by atoms with Gasteiger partial charge in [0.1, 0.15) is 0 Å². The summed E-state index contributed by atoms with van der Waals surface area (Å²) in [6.45, 7) is 4.35. The monoisotopic (exact) mass is 134 g/mol. The highest BCUT2D eigenvalue weighted by molar-refractivity contribution is 5.29. The van der Waals surface area contributed by atoms with Crippen molar-refractivity contribution in [3.05, 3.63) is 35.5 Å². The third kappa shape index (κ3) is 1.87. The molecule has 0 aromatic rings. The highest BCUT2D eigenvalue weighted by atomic mass is 14.0. The molecule has 0 heterocycles. The molecule has 0 saturated heterocycles. The Bertz CT molecular complexity index is 192. The molecule has 0 aromatic carbocycles. The van der Waals surface area contributed by atoms with E-state index in [2.05, 4.69) is 38.2 Å². The quantitative estimate of drug-likeness (QED) is 0.516. The third-order valence-corrected chi connectivity index (χ3v) is 1.76. The number of allylic oxidation sites excluding steroid dienone is 6. The van der Waals surface area contributed by atoms with Crippen molar-refractivity contribution in [2.75, 3.05) is 0 Å². The maximum Gasteiger partial charge on any atom is -0.0133 e. The van der Waals surface area contributed by atoms with Crippen molar-refractivity contribution in [3.63, 3.8) is 0 Å². The lowest BCUT2D eigenvalue weighted by molar-refractivity contribution is 1.03. The Morgan fingerprint density at radius 3 is 3.00 bits per heavy atom. The van der Waals surface area contributed by atoms with Crippen LogP contribution in [0.3, 0.4) is 0 Å². The molecule has 1 aliphatic carbocycles. The van der Waals surface area contributed by atoms with Crippen molar-refractivity contribution in [2.24, 2.45) is 0 Å². The summed E-state index contributed by atoms with van der Waals surface area (Å²) in [5, 5.41) is 0. The van der Waals surface area contributed by atoms with Crippen LogP contribution in [0.4, 0.5) is 0 Å². The van der Waals surface area contributed by atoms with E-state index in [-0.39, 0.29) is 0 Å². The van der Waals surface area contributed by atoms with E-state index >= 15 is 0 Å². The number of rotatable bonds is 1. The van der Waals surface area contributed by atoms with Crippen LogP contribution in [0.1, 0.15) is 26.7 Å². The Morgan fingerprint density at radius 2 is 2.30 bits per heavy atom. The number of hydrogen-bond donors (Lipinski definition) is 0. The zero-order chi connectivity index (χ0) is 7.40. The average Bonchev–Trinajstić information content (AvgIpc) is 2.13. The third-order valence-electron chi connectivity index (χ3n) is 1.76. The summed E-state index contributed by atoms with van der Waals surface area (Å²) in [4.78, 5) is 0. The molecule has 1 aliphatic rings. The van der Waals surface area contributed by atoms with Gasteiger partial charge in [-0.25, -0.2) is 0 Å². The Labute approximate surface area is 62.9 Å². The molecule has 0 fully saturated rings. The first-order chi connectivity index (χ1) is 4.83. The molecule has 1 rings (SSSR count). The Morgan fingerprint density at radius 1 is 1.50 bits per heavy atom. The van der Waals surface area contributed by atoms with Crippen LogP contribution in [0, 0.1) is 0 Å². The van der Waals surface area contributed by atoms with E-state index in [4.69, 9.17) is 0 Å². The Balaban J connectivity index is 2.77. The van der Waals surface area contributed by atoms with Gasteiger partial charge in [0.05, 0.1) is 0 Å². The van der Waals surface area contributed by atoms with Gasteiger partial charge < -0.3 is 0 Å². The van der Waals surface area contributed by atoms with Gasteiger partial charge in [-0.3, -0.25) is 0 Å². The van der Waals surface area contributed by atoms with Crippen molar-refractivity contribution in [1.82, 2.24) is 0 Å². The lowest BCUT2D eigenvalue weighted by atomic mass is 10.1. The zero-order valence-corrected chi connectivity index (χ0v) is 6.72. The van der Waals surface area contributed by atoms with Gasteiger partial charge in [0.25, 0.3) is 0 Å². The van der Waals surface area contributed by atoms with E-state index in [1.165, 1.54) is 17.6 Å².